The van der Waals surface area contributed by atoms with Crippen LogP contribution in [0.25, 0.3) is 0 Å². The number of piperidine rings is 1. The molecule has 1 aromatic rings. The first-order valence-electron chi connectivity index (χ1n) is 13.6. The van der Waals surface area contributed by atoms with E-state index in [0.29, 0.717) is 18.4 Å². The molecule has 10 heteroatoms. The van der Waals surface area contributed by atoms with Gasteiger partial charge in [-0.05, 0) is 64.2 Å². The maximum atomic E-state index is 13.8. The predicted molar refractivity (Wildman–Crippen MR) is 137 cm³/mol. The quantitative estimate of drug-likeness (QED) is 0.520. The topological polar surface area (TPSA) is 107 Å². The highest BCUT2D eigenvalue weighted by molar-refractivity contribution is 5.90. The summed E-state index contributed by atoms with van der Waals surface area (Å²) in [5.74, 6) is 0.542. The highest BCUT2D eigenvalue weighted by Crippen LogP contribution is 2.40. The third-order valence-corrected chi connectivity index (χ3v) is 7.84. The molecule has 3 aliphatic rings. The molecule has 1 saturated carbocycles. The van der Waals surface area contributed by atoms with Gasteiger partial charge in [-0.15, -0.1) is 5.10 Å². The number of amides is 2. The van der Waals surface area contributed by atoms with E-state index in [-0.39, 0.29) is 24.8 Å². The lowest BCUT2D eigenvalue weighted by Crippen LogP contribution is -2.51. The minimum Gasteiger partial charge on any atom is -0.391 e. The molecule has 10 nitrogen and oxygen atoms in total. The largest absolute Gasteiger partial charge is 0.391 e. The maximum Gasteiger partial charge on any atom is 0.248 e. The van der Waals surface area contributed by atoms with Crippen molar-refractivity contribution in [3.05, 3.63) is 11.9 Å². The smallest absolute Gasteiger partial charge is 0.248 e. The fourth-order valence-corrected chi connectivity index (χ4v) is 5.44. The Hall–Kier alpha value is -2.04. The summed E-state index contributed by atoms with van der Waals surface area (Å²) in [7, 11) is 4.19. The Kier molecular flexibility index (Phi) is 8.36. The van der Waals surface area contributed by atoms with Gasteiger partial charge in [0.15, 0.2) is 0 Å². The summed E-state index contributed by atoms with van der Waals surface area (Å²) in [4.78, 5) is 33.3. The number of carbonyl (C=O) groups is 2. The van der Waals surface area contributed by atoms with E-state index in [9.17, 15) is 14.7 Å². The molecule has 3 atom stereocenters. The molecule has 0 spiro atoms. The first-order valence-corrected chi connectivity index (χ1v) is 13.6. The Labute approximate surface area is 215 Å². The van der Waals surface area contributed by atoms with Crippen molar-refractivity contribution in [2.75, 3.05) is 53.4 Å². The summed E-state index contributed by atoms with van der Waals surface area (Å²) >= 11 is 0. The van der Waals surface area contributed by atoms with Crippen LogP contribution in [0.15, 0.2) is 6.20 Å². The molecule has 1 aromatic heterocycles. The lowest BCUT2D eigenvalue weighted by Gasteiger charge is -2.35. The second-order valence-corrected chi connectivity index (χ2v) is 12.4. The van der Waals surface area contributed by atoms with Crippen LogP contribution in [-0.4, -0.2) is 112 Å². The van der Waals surface area contributed by atoms with Crippen LogP contribution in [0.1, 0.15) is 70.5 Å². The van der Waals surface area contributed by atoms with Gasteiger partial charge >= 0.3 is 0 Å². The first kappa shape index (κ1) is 27.0. The van der Waals surface area contributed by atoms with E-state index in [1.165, 1.54) is 0 Å². The zero-order chi connectivity index (χ0) is 26.0. The number of hydrogen-bond acceptors (Lipinski definition) is 7. The molecule has 2 N–H and O–H groups in total. The molecule has 2 saturated heterocycles. The number of rotatable bonds is 9. The van der Waals surface area contributed by atoms with E-state index < -0.39 is 23.6 Å². The lowest BCUT2D eigenvalue weighted by atomic mass is 9.85. The average Bonchev–Trinajstić information content (AvgIpc) is 3.43. The first-order chi connectivity index (χ1) is 17.0. The normalized spacial score (nSPS) is 24.9. The second-order valence-electron chi connectivity index (χ2n) is 12.4. The number of aromatic nitrogens is 3. The number of aliphatic hydroxyl groups is 1. The molecule has 3 heterocycles. The molecule has 0 radical (unpaired) electrons. The van der Waals surface area contributed by atoms with Gasteiger partial charge in [0.05, 0.1) is 11.8 Å². The van der Waals surface area contributed by atoms with E-state index in [0.717, 1.165) is 57.6 Å². The standard InChI is InChI=1S/C26H45N7O3/c1-26(2,3)23(33-17-21(28-29-33)19-6-7-19)25(36)32-16-20(34)14-22(32)24(35)27-15-18-8-10-31(11-9-18)13-12-30(4)5/h17-20,22-23,34H,6-16H2,1-5H3,(H,27,35)/t20?,22?,23-/m1/s1. The number of aliphatic hydroxyl groups excluding tert-OH is 1. The second kappa shape index (κ2) is 11.1. The van der Waals surface area contributed by atoms with E-state index in [4.69, 9.17) is 0 Å². The number of likely N-dealkylation sites (N-methyl/N-ethyl adjacent to an activating group) is 1. The summed E-state index contributed by atoms with van der Waals surface area (Å²) in [5, 5.41) is 22.1. The Morgan fingerprint density at radius 2 is 1.89 bits per heavy atom. The number of nitrogens with one attached hydrogen (secondary N) is 1. The Morgan fingerprint density at radius 3 is 2.50 bits per heavy atom. The van der Waals surface area contributed by atoms with Crippen molar-refractivity contribution in [2.45, 2.75) is 77.0 Å². The molecule has 0 aromatic carbocycles. The molecule has 3 fully saturated rings. The molecule has 0 bridgehead atoms. The minimum absolute atomic E-state index is 0.165. The highest BCUT2D eigenvalue weighted by Gasteiger charge is 2.45. The number of nitrogens with zero attached hydrogens (tertiary/aromatic N) is 6. The van der Waals surface area contributed by atoms with Crippen LogP contribution >= 0.6 is 0 Å². The van der Waals surface area contributed by atoms with Gasteiger partial charge in [-0.1, -0.05) is 26.0 Å². The van der Waals surface area contributed by atoms with Crippen LogP contribution in [0.3, 0.4) is 0 Å². The van der Waals surface area contributed by atoms with E-state index in [1.54, 1.807) is 9.58 Å². The van der Waals surface area contributed by atoms with Crippen molar-refractivity contribution < 1.29 is 14.7 Å². The Balaban J connectivity index is 1.36. The molecule has 2 aliphatic heterocycles. The van der Waals surface area contributed by atoms with Gasteiger partial charge in [0.1, 0.15) is 12.1 Å². The monoisotopic (exact) mass is 503 g/mol. The van der Waals surface area contributed by atoms with Crippen LogP contribution in [0.2, 0.25) is 0 Å². The predicted octanol–water partition coefficient (Wildman–Crippen LogP) is 1.09. The van der Waals surface area contributed by atoms with Crippen LogP contribution < -0.4 is 5.32 Å². The number of carbonyl (C=O) groups excluding carboxylic acids is 2. The molecule has 1 aliphatic carbocycles. The van der Waals surface area contributed by atoms with Gasteiger partial charge in [0.25, 0.3) is 0 Å². The summed E-state index contributed by atoms with van der Waals surface area (Å²) in [6.45, 7) is 11.0. The average molecular weight is 504 g/mol. The number of likely N-dealkylation sites (tertiary alicyclic amines) is 2. The van der Waals surface area contributed by atoms with Gasteiger partial charge in [0, 0.05) is 44.7 Å². The Morgan fingerprint density at radius 1 is 1.19 bits per heavy atom. The van der Waals surface area contributed by atoms with Crippen molar-refractivity contribution in [3.8, 4) is 0 Å². The van der Waals surface area contributed by atoms with Crippen molar-refractivity contribution in [1.82, 2.24) is 35.0 Å². The van der Waals surface area contributed by atoms with E-state index in [2.05, 4.69) is 39.5 Å². The summed E-state index contributed by atoms with van der Waals surface area (Å²) in [6, 6.07) is -1.26. The van der Waals surface area contributed by atoms with Crippen molar-refractivity contribution in [1.29, 1.82) is 0 Å². The fourth-order valence-electron chi connectivity index (χ4n) is 5.44. The molecule has 36 heavy (non-hydrogen) atoms. The molecular formula is C26H45N7O3. The van der Waals surface area contributed by atoms with Crippen LogP contribution in [0, 0.1) is 11.3 Å². The highest BCUT2D eigenvalue weighted by atomic mass is 16.3. The van der Waals surface area contributed by atoms with E-state index in [1.807, 2.05) is 27.0 Å². The van der Waals surface area contributed by atoms with Crippen molar-refractivity contribution in [2.24, 2.45) is 11.3 Å². The summed E-state index contributed by atoms with van der Waals surface area (Å²) < 4.78 is 1.67. The third kappa shape index (κ3) is 6.63. The van der Waals surface area contributed by atoms with Gasteiger partial charge < -0.3 is 25.1 Å². The molecule has 2 unspecified atom stereocenters. The molecule has 4 rings (SSSR count). The van der Waals surface area contributed by atoms with Gasteiger partial charge in [-0.3, -0.25) is 9.59 Å². The molecule has 2 amide bonds. The van der Waals surface area contributed by atoms with Crippen molar-refractivity contribution >= 4 is 11.8 Å². The van der Waals surface area contributed by atoms with Gasteiger partial charge in [-0.25, -0.2) is 4.68 Å². The zero-order valence-corrected chi connectivity index (χ0v) is 22.7. The van der Waals surface area contributed by atoms with Gasteiger partial charge in [-0.2, -0.15) is 0 Å². The van der Waals surface area contributed by atoms with Crippen LogP contribution in [0.5, 0.6) is 0 Å². The number of β-amino-alcohol motifs (C(OH)–C–C–N with tert-alkyl or cyclic N) is 1. The molecule has 202 valence electrons. The summed E-state index contributed by atoms with van der Waals surface area (Å²) in [6.07, 6.45) is 5.80. The molecular weight excluding hydrogens is 458 g/mol. The zero-order valence-electron chi connectivity index (χ0n) is 22.7. The van der Waals surface area contributed by atoms with Crippen LogP contribution in [-0.2, 0) is 9.59 Å². The van der Waals surface area contributed by atoms with Crippen LogP contribution in [0.4, 0.5) is 0 Å². The van der Waals surface area contributed by atoms with Crippen molar-refractivity contribution in [3.63, 3.8) is 0 Å². The maximum absolute atomic E-state index is 13.8. The van der Waals surface area contributed by atoms with Gasteiger partial charge in [0.2, 0.25) is 11.8 Å². The number of hydrogen-bond donors (Lipinski definition) is 2. The summed E-state index contributed by atoms with van der Waals surface area (Å²) in [5.41, 5.74) is 0.501. The minimum atomic E-state index is -0.706. The third-order valence-electron chi connectivity index (χ3n) is 7.84. The lowest BCUT2D eigenvalue weighted by molar-refractivity contribution is -0.144. The van der Waals surface area contributed by atoms with E-state index >= 15 is 0 Å². The SMILES string of the molecule is CN(C)CCN1CCC(CNC(=O)C2CC(O)CN2C(=O)[C@@H](n2cc(C3CC3)nn2)C(C)(C)C)CC1. The fraction of sp³-hybridized carbons (Fsp3) is 0.846. The Bertz CT molecular complexity index is 900.